The Morgan fingerprint density at radius 2 is 1.94 bits per heavy atom. The van der Waals surface area contributed by atoms with Gasteiger partial charge in [-0.2, -0.15) is 5.10 Å². The normalized spacial score (nSPS) is 17.6. The number of thiophene rings is 1. The molecule has 1 fully saturated rings. The summed E-state index contributed by atoms with van der Waals surface area (Å²) in [4.78, 5) is 38.2. The van der Waals surface area contributed by atoms with E-state index in [-0.39, 0.29) is 29.8 Å². The van der Waals surface area contributed by atoms with Gasteiger partial charge in [-0.1, -0.05) is 6.42 Å². The van der Waals surface area contributed by atoms with Crippen molar-refractivity contribution in [1.29, 1.82) is 0 Å². The van der Waals surface area contributed by atoms with Gasteiger partial charge in [-0.3, -0.25) is 9.59 Å². The van der Waals surface area contributed by atoms with Crippen molar-refractivity contribution >= 4 is 45.1 Å². The number of benzene rings is 1. The quantitative estimate of drug-likeness (QED) is 0.409. The van der Waals surface area contributed by atoms with Crippen LogP contribution in [0.5, 0.6) is 0 Å². The zero-order valence-electron chi connectivity index (χ0n) is 19.5. The lowest BCUT2D eigenvalue weighted by Crippen LogP contribution is -2.40. The zero-order chi connectivity index (χ0) is 24.9. The van der Waals surface area contributed by atoms with Crippen LogP contribution in [0, 0.1) is 5.92 Å². The van der Waals surface area contributed by atoms with Gasteiger partial charge in [-0.15, -0.1) is 11.3 Å². The molecule has 1 aliphatic rings. The predicted molar refractivity (Wildman–Crippen MR) is 136 cm³/mol. The monoisotopic (exact) mass is 559 g/mol. The Kier molecular flexibility index (Phi) is 8.02. The van der Waals surface area contributed by atoms with Crippen LogP contribution in [0.15, 0.2) is 46.4 Å². The zero-order valence-corrected chi connectivity index (χ0v) is 21.9. The van der Waals surface area contributed by atoms with Crippen molar-refractivity contribution in [3.05, 3.63) is 57.5 Å². The average molecular weight is 560 g/mol. The number of rotatable bonds is 7. The average Bonchev–Trinajstić information content (AvgIpc) is 3.50. The second-order valence-corrected chi connectivity index (χ2v) is 10.7. The van der Waals surface area contributed by atoms with Crippen LogP contribution in [0.4, 0.5) is 0 Å². The van der Waals surface area contributed by atoms with E-state index in [1.165, 1.54) is 18.4 Å². The smallest absolute Gasteiger partial charge is 0.338 e. The van der Waals surface area contributed by atoms with Gasteiger partial charge >= 0.3 is 11.9 Å². The number of esters is 2. The van der Waals surface area contributed by atoms with E-state index < -0.39 is 0 Å². The summed E-state index contributed by atoms with van der Waals surface area (Å²) in [5.74, 6) is -1.06. The van der Waals surface area contributed by atoms with E-state index in [9.17, 15) is 14.4 Å². The highest BCUT2D eigenvalue weighted by Gasteiger charge is 2.30. The minimum absolute atomic E-state index is 0.115. The summed E-state index contributed by atoms with van der Waals surface area (Å²) >= 11 is 4.96. The number of carbonyl (C=O) groups excluding carboxylic acids is 3. The Morgan fingerprint density at radius 3 is 2.60 bits per heavy atom. The number of halogens is 1. The van der Waals surface area contributed by atoms with E-state index >= 15 is 0 Å². The molecule has 2 atom stereocenters. The summed E-state index contributed by atoms with van der Waals surface area (Å²) in [6.07, 6.45) is 4.68. The van der Waals surface area contributed by atoms with Gasteiger partial charge in [0.1, 0.15) is 5.69 Å². The van der Waals surface area contributed by atoms with Crippen molar-refractivity contribution in [3.8, 4) is 16.3 Å². The molecule has 0 radical (unpaired) electrons. The summed E-state index contributed by atoms with van der Waals surface area (Å²) in [5, 5.41) is 7.80. The number of methoxy groups -OCH3 is 1. The maximum atomic E-state index is 13.4. The first kappa shape index (κ1) is 25.1. The molecule has 2 aromatic heterocycles. The van der Waals surface area contributed by atoms with E-state index in [0.29, 0.717) is 35.5 Å². The van der Waals surface area contributed by atoms with Crippen LogP contribution in [-0.4, -0.2) is 47.4 Å². The fraction of sp³-hybridized carbons (Fsp3) is 0.360. The summed E-state index contributed by atoms with van der Waals surface area (Å²) < 4.78 is 12.5. The number of carbonyl (C=O) groups is 3. The number of hydrogen-bond acceptors (Lipinski definition) is 7. The van der Waals surface area contributed by atoms with Crippen LogP contribution in [0.2, 0.25) is 0 Å². The molecule has 1 aromatic carbocycles. The highest BCUT2D eigenvalue weighted by molar-refractivity contribution is 9.11. The Bertz CT molecular complexity index is 1220. The molecule has 1 N–H and O–H groups in total. The van der Waals surface area contributed by atoms with Gasteiger partial charge in [0.25, 0.3) is 5.91 Å². The van der Waals surface area contributed by atoms with Crippen LogP contribution in [0.25, 0.3) is 16.3 Å². The number of nitrogens with one attached hydrogen (secondary N) is 1. The standard InChI is InChI=1S/C25H26BrN3O5S/c1-3-34-25(32)15-7-9-18(10-8-15)29-14-19(22(28-29)20-11-12-21(26)35-20)23(30)27-17-6-4-5-16(13-17)24(31)33-2/h7-12,14,16-17H,3-6,13H2,1-2H3,(H,27,30)/t16-,17+/m0/s1. The summed E-state index contributed by atoms with van der Waals surface area (Å²) in [6.45, 7) is 2.06. The fourth-order valence-electron chi connectivity index (χ4n) is 4.23. The van der Waals surface area contributed by atoms with Crippen molar-refractivity contribution in [2.75, 3.05) is 13.7 Å². The molecule has 0 aliphatic heterocycles. The van der Waals surface area contributed by atoms with Crippen molar-refractivity contribution in [2.45, 2.75) is 38.6 Å². The maximum Gasteiger partial charge on any atom is 0.338 e. The third kappa shape index (κ3) is 5.82. The largest absolute Gasteiger partial charge is 0.469 e. The molecule has 35 heavy (non-hydrogen) atoms. The maximum absolute atomic E-state index is 13.4. The lowest BCUT2D eigenvalue weighted by Gasteiger charge is -2.28. The molecule has 184 valence electrons. The fourth-order valence-corrected chi connectivity index (χ4v) is 5.61. The molecule has 8 nitrogen and oxygen atoms in total. The summed E-state index contributed by atoms with van der Waals surface area (Å²) in [5.41, 5.74) is 2.15. The topological polar surface area (TPSA) is 99.5 Å². The Labute approximate surface area is 215 Å². The third-order valence-electron chi connectivity index (χ3n) is 5.95. The van der Waals surface area contributed by atoms with Gasteiger partial charge < -0.3 is 14.8 Å². The van der Waals surface area contributed by atoms with Crippen molar-refractivity contribution in [3.63, 3.8) is 0 Å². The van der Waals surface area contributed by atoms with Crippen molar-refractivity contribution in [1.82, 2.24) is 15.1 Å². The number of hydrogen-bond donors (Lipinski definition) is 1. The first-order valence-corrected chi connectivity index (χ1v) is 13.0. The number of ether oxygens (including phenoxy) is 2. The summed E-state index contributed by atoms with van der Waals surface area (Å²) in [6, 6.07) is 10.6. The van der Waals surface area contributed by atoms with Gasteiger partial charge in [0, 0.05) is 12.2 Å². The lowest BCUT2D eigenvalue weighted by atomic mass is 9.85. The number of nitrogens with zero attached hydrogens (tertiary/aromatic N) is 2. The Balaban J connectivity index is 1.60. The van der Waals surface area contributed by atoms with Crippen LogP contribution in [-0.2, 0) is 14.3 Å². The molecule has 0 bridgehead atoms. The molecule has 1 aliphatic carbocycles. The molecule has 0 spiro atoms. The Hall–Kier alpha value is -2.98. The first-order valence-electron chi connectivity index (χ1n) is 11.4. The predicted octanol–water partition coefficient (Wildman–Crippen LogP) is 5.00. The van der Waals surface area contributed by atoms with Gasteiger partial charge in [0.2, 0.25) is 0 Å². The molecule has 3 aromatic rings. The molecule has 0 unspecified atom stereocenters. The van der Waals surface area contributed by atoms with E-state index in [0.717, 1.165) is 27.9 Å². The second-order valence-electron chi connectivity index (χ2n) is 8.26. The Morgan fingerprint density at radius 1 is 1.17 bits per heavy atom. The summed E-state index contributed by atoms with van der Waals surface area (Å²) in [7, 11) is 1.39. The molecular formula is C25H26BrN3O5S. The third-order valence-corrected chi connectivity index (χ3v) is 7.58. The number of amides is 1. The van der Waals surface area contributed by atoms with Crippen LogP contribution in [0.1, 0.15) is 53.3 Å². The minimum atomic E-state index is -0.388. The van der Waals surface area contributed by atoms with E-state index in [4.69, 9.17) is 14.6 Å². The van der Waals surface area contributed by atoms with Gasteiger partial charge in [-0.25, -0.2) is 9.48 Å². The van der Waals surface area contributed by atoms with Crippen molar-refractivity contribution in [2.24, 2.45) is 5.92 Å². The molecule has 10 heteroatoms. The van der Waals surface area contributed by atoms with Crippen LogP contribution >= 0.6 is 27.3 Å². The lowest BCUT2D eigenvalue weighted by molar-refractivity contribution is -0.146. The molecule has 0 saturated heterocycles. The van der Waals surface area contributed by atoms with Crippen LogP contribution < -0.4 is 5.32 Å². The van der Waals surface area contributed by atoms with E-state index in [1.807, 2.05) is 12.1 Å². The highest BCUT2D eigenvalue weighted by atomic mass is 79.9. The van der Waals surface area contributed by atoms with Gasteiger partial charge in [0.15, 0.2) is 0 Å². The SMILES string of the molecule is CCOC(=O)c1ccc(-n2cc(C(=O)N[C@@H]3CCC[C@H](C(=O)OC)C3)c(-c3ccc(Br)s3)n2)cc1. The molecular weight excluding hydrogens is 534 g/mol. The molecule has 1 amide bonds. The number of aromatic nitrogens is 2. The molecule has 2 heterocycles. The molecule has 4 rings (SSSR count). The van der Waals surface area contributed by atoms with Gasteiger partial charge in [0.05, 0.1) is 45.1 Å². The van der Waals surface area contributed by atoms with E-state index in [2.05, 4.69) is 21.2 Å². The van der Waals surface area contributed by atoms with Crippen molar-refractivity contribution < 1.29 is 23.9 Å². The second kappa shape index (κ2) is 11.2. The molecule has 1 saturated carbocycles. The highest BCUT2D eigenvalue weighted by Crippen LogP contribution is 2.33. The first-order chi connectivity index (χ1) is 16.9. The minimum Gasteiger partial charge on any atom is -0.469 e. The van der Waals surface area contributed by atoms with E-state index in [1.54, 1.807) is 42.1 Å². The van der Waals surface area contributed by atoms with Gasteiger partial charge in [-0.05, 0) is 78.5 Å². The van der Waals surface area contributed by atoms with Crippen LogP contribution in [0.3, 0.4) is 0 Å².